The Labute approximate surface area is 129 Å². The number of halogens is 3. The minimum atomic E-state index is -4.42. The van der Waals surface area contributed by atoms with Crippen LogP contribution >= 0.6 is 11.8 Å². The molecule has 0 spiro atoms. The van der Waals surface area contributed by atoms with E-state index in [2.05, 4.69) is 5.32 Å². The molecule has 1 N–H and O–H groups in total. The van der Waals surface area contributed by atoms with E-state index in [0.29, 0.717) is 5.56 Å². The van der Waals surface area contributed by atoms with Crippen molar-refractivity contribution in [2.75, 3.05) is 5.75 Å². The first-order chi connectivity index (χ1) is 10.4. The van der Waals surface area contributed by atoms with Gasteiger partial charge in [0.05, 0.1) is 11.3 Å². The Morgan fingerprint density at radius 1 is 1.00 bits per heavy atom. The van der Waals surface area contributed by atoms with Gasteiger partial charge in [0.1, 0.15) is 4.87 Å². The number of hydrogen-bond donors (Lipinski definition) is 1. The Kier molecular flexibility index (Phi) is 3.64. The average Bonchev–Trinajstić information content (AvgIpc) is 2.91. The van der Waals surface area contributed by atoms with Gasteiger partial charge in [0.15, 0.2) is 0 Å². The lowest BCUT2D eigenvalue weighted by atomic mass is 9.96. The molecule has 1 heterocycles. The lowest BCUT2D eigenvalue weighted by molar-refractivity contribution is -0.137. The molecule has 0 aromatic heterocycles. The molecule has 1 amide bonds. The minimum absolute atomic E-state index is 0.189. The van der Waals surface area contributed by atoms with Gasteiger partial charge in [-0.25, -0.2) is 0 Å². The number of benzene rings is 2. The summed E-state index contributed by atoms with van der Waals surface area (Å²) >= 11 is 1.30. The number of thioether (sulfide) groups is 1. The fourth-order valence-corrected chi connectivity index (χ4v) is 3.71. The molecule has 1 unspecified atom stereocenters. The van der Waals surface area contributed by atoms with Gasteiger partial charge in [-0.15, -0.1) is 11.8 Å². The highest BCUT2D eigenvalue weighted by molar-refractivity contribution is 8.01. The predicted octanol–water partition coefficient (Wildman–Crippen LogP) is 3.77. The third kappa shape index (κ3) is 2.59. The lowest BCUT2D eigenvalue weighted by Gasteiger charge is -2.30. The molecule has 1 saturated heterocycles. The Morgan fingerprint density at radius 3 is 2.27 bits per heavy atom. The quantitative estimate of drug-likeness (QED) is 0.911. The fourth-order valence-electron chi connectivity index (χ4n) is 2.51. The van der Waals surface area contributed by atoms with E-state index < -0.39 is 16.6 Å². The van der Waals surface area contributed by atoms with Gasteiger partial charge in [-0.2, -0.15) is 13.2 Å². The molecular weight excluding hydrogens is 311 g/mol. The Bertz CT molecular complexity index is 702. The third-order valence-corrected chi connectivity index (χ3v) is 4.92. The van der Waals surface area contributed by atoms with Crippen LogP contribution in [0, 0.1) is 0 Å². The molecule has 2 aromatic rings. The van der Waals surface area contributed by atoms with Gasteiger partial charge in [0.2, 0.25) is 5.91 Å². The summed E-state index contributed by atoms with van der Waals surface area (Å²) < 4.78 is 38.9. The first-order valence-corrected chi connectivity index (χ1v) is 7.59. The van der Waals surface area contributed by atoms with Crippen molar-refractivity contribution < 1.29 is 18.0 Å². The van der Waals surface area contributed by atoms with Gasteiger partial charge < -0.3 is 5.32 Å². The maximum atomic E-state index is 13.0. The summed E-state index contributed by atoms with van der Waals surface area (Å²) in [5.74, 6) is 0.0248. The number of rotatable bonds is 2. The summed E-state index contributed by atoms with van der Waals surface area (Å²) in [4.78, 5) is 10.8. The molecule has 2 aromatic carbocycles. The number of hydrogen-bond acceptors (Lipinski definition) is 2. The van der Waals surface area contributed by atoms with Crippen LogP contribution in [0.2, 0.25) is 0 Å². The number of carbonyl (C=O) groups excluding carboxylic acids is 1. The highest BCUT2D eigenvalue weighted by Gasteiger charge is 2.43. The second-order valence-corrected chi connectivity index (χ2v) is 6.15. The van der Waals surface area contributed by atoms with Crippen LogP contribution in [0.15, 0.2) is 54.6 Å². The van der Waals surface area contributed by atoms with Crippen molar-refractivity contribution in [3.8, 4) is 0 Å². The minimum Gasteiger partial charge on any atom is -0.333 e. The molecule has 0 aliphatic carbocycles. The van der Waals surface area contributed by atoms with Gasteiger partial charge in [-0.3, -0.25) is 4.79 Å². The second-order valence-electron chi connectivity index (χ2n) is 4.96. The Balaban J connectivity index is 2.14. The van der Waals surface area contributed by atoms with Crippen molar-refractivity contribution in [2.45, 2.75) is 11.0 Å². The van der Waals surface area contributed by atoms with E-state index in [1.54, 1.807) is 30.3 Å². The van der Waals surface area contributed by atoms with Crippen molar-refractivity contribution in [3.05, 3.63) is 71.3 Å². The summed E-state index contributed by atoms with van der Waals surface area (Å²) in [6, 6.07) is 14.2. The molecule has 1 aliphatic rings. The number of nitrogens with one attached hydrogen (secondary N) is 1. The SMILES string of the molecule is O=C1CSC(c2ccccc2)(c2cccc(C(F)(F)F)c2)N1. The van der Waals surface area contributed by atoms with Gasteiger partial charge >= 0.3 is 6.18 Å². The maximum absolute atomic E-state index is 13.0. The fraction of sp³-hybridized carbons (Fsp3) is 0.188. The van der Waals surface area contributed by atoms with Crippen LogP contribution in [0.3, 0.4) is 0 Å². The smallest absolute Gasteiger partial charge is 0.333 e. The van der Waals surface area contributed by atoms with Gasteiger partial charge in [0.25, 0.3) is 0 Å². The van der Waals surface area contributed by atoms with Crippen LogP contribution in [0.5, 0.6) is 0 Å². The van der Waals surface area contributed by atoms with E-state index in [0.717, 1.165) is 17.7 Å². The third-order valence-electron chi connectivity index (χ3n) is 3.51. The van der Waals surface area contributed by atoms with Gasteiger partial charge in [0, 0.05) is 0 Å². The van der Waals surface area contributed by atoms with Crippen LogP contribution in [0.1, 0.15) is 16.7 Å². The lowest BCUT2D eigenvalue weighted by Crippen LogP contribution is -2.38. The summed E-state index contributed by atoms with van der Waals surface area (Å²) in [5.41, 5.74) is 0.455. The summed E-state index contributed by atoms with van der Waals surface area (Å²) in [6.45, 7) is 0. The first kappa shape index (κ1) is 15.0. The van der Waals surface area contributed by atoms with E-state index >= 15 is 0 Å². The monoisotopic (exact) mass is 323 g/mol. The zero-order chi connectivity index (χ0) is 15.8. The molecule has 0 bridgehead atoms. The van der Waals surface area contributed by atoms with E-state index in [1.807, 2.05) is 6.07 Å². The maximum Gasteiger partial charge on any atom is 0.416 e. The molecule has 1 fully saturated rings. The molecule has 114 valence electrons. The Hall–Kier alpha value is -1.95. The highest BCUT2D eigenvalue weighted by atomic mass is 32.2. The summed E-state index contributed by atoms with van der Waals surface area (Å²) in [7, 11) is 0. The summed E-state index contributed by atoms with van der Waals surface area (Å²) in [6.07, 6.45) is -4.42. The molecule has 22 heavy (non-hydrogen) atoms. The van der Waals surface area contributed by atoms with Gasteiger partial charge in [-0.05, 0) is 23.3 Å². The zero-order valence-corrected chi connectivity index (χ0v) is 12.2. The van der Waals surface area contributed by atoms with Crippen LogP contribution in [0.25, 0.3) is 0 Å². The molecule has 2 nitrogen and oxygen atoms in total. The molecule has 1 aliphatic heterocycles. The largest absolute Gasteiger partial charge is 0.416 e. The molecular formula is C16H12F3NOS. The van der Waals surface area contributed by atoms with Crippen molar-refractivity contribution in [2.24, 2.45) is 0 Å². The first-order valence-electron chi connectivity index (χ1n) is 6.60. The number of alkyl halides is 3. The van der Waals surface area contributed by atoms with Gasteiger partial charge in [-0.1, -0.05) is 42.5 Å². The van der Waals surface area contributed by atoms with E-state index in [4.69, 9.17) is 0 Å². The molecule has 0 radical (unpaired) electrons. The van der Waals surface area contributed by atoms with E-state index in [-0.39, 0.29) is 11.7 Å². The topological polar surface area (TPSA) is 29.1 Å². The van der Waals surface area contributed by atoms with Crippen LogP contribution in [-0.2, 0) is 15.8 Å². The molecule has 6 heteroatoms. The van der Waals surface area contributed by atoms with E-state index in [1.165, 1.54) is 17.8 Å². The normalized spacial score (nSPS) is 21.7. The average molecular weight is 323 g/mol. The van der Waals surface area contributed by atoms with Crippen LogP contribution in [0.4, 0.5) is 13.2 Å². The van der Waals surface area contributed by atoms with Crippen LogP contribution < -0.4 is 5.32 Å². The second kappa shape index (κ2) is 5.35. The highest BCUT2D eigenvalue weighted by Crippen LogP contribution is 2.45. The van der Waals surface area contributed by atoms with Crippen LogP contribution in [-0.4, -0.2) is 11.7 Å². The standard InChI is InChI=1S/C16H12F3NOS/c17-16(18,19)13-8-4-7-12(9-13)15(20-14(21)10-22-15)11-5-2-1-3-6-11/h1-9H,10H2,(H,20,21). The number of carbonyl (C=O) groups is 1. The van der Waals surface area contributed by atoms with Crippen molar-refractivity contribution in [3.63, 3.8) is 0 Å². The van der Waals surface area contributed by atoms with Crippen molar-refractivity contribution >= 4 is 17.7 Å². The summed E-state index contributed by atoms with van der Waals surface area (Å²) in [5, 5.41) is 2.84. The predicted molar refractivity (Wildman–Crippen MR) is 79.3 cm³/mol. The molecule has 3 rings (SSSR count). The Morgan fingerprint density at radius 2 is 1.68 bits per heavy atom. The zero-order valence-electron chi connectivity index (χ0n) is 11.4. The number of amides is 1. The van der Waals surface area contributed by atoms with Crippen molar-refractivity contribution in [1.29, 1.82) is 0 Å². The molecule has 1 atom stereocenters. The van der Waals surface area contributed by atoms with E-state index in [9.17, 15) is 18.0 Å². The molecule has 0 saturated carbocycles. The van der Waals surface area contributed by atoms with Crippen molar-refractivity contribution in [1.82, 2.24) is 5.32 Å².